The standard InChI is InChI=1S/C14H18O/c1-3-14(12(2)15)11-7-10-13-8-5-4-6-9-13/h4-10,14H,3,11H2,1-2H3. The largest absolute Gasteiger partial charge is 0.300 e. The highest BCUT2D eigenvalue weighted by molar-refractivity contribution is 5.78. The Bertz CT molecular complexity index is 324. The summed E-state index contributed by atoms with van der Waals surface area (Å²) in [7, 11) is 0. The molecule has 80 valence electrons. The van der Waals surface area contributed by atoms with E-state index in [1.165, 1.54) is 5.56 Å². The molecule has 0 heterocycles. The Morgan fingerprint density at radius 2 is 2.00 bits per heavy atom. The molecule has 0 radical (unpaired) electrons. The molecular formula is C14H18O. The molecule has 0 aromatic heterocycles. The number of Topliss-reactive ketones (excluding diaryl/α,β-unsaturated/α-hetero) is 1. The number of ketones is 1. The van der Waals surface area contributed by atoms with Crippen molar-refractivity contribution in [2.75, 3.05) is 0 Å². The number of allylic oxidation sites excluding steroid dienone is 1. The van der Waals surface area contributed by atoms with Crippen molar-refractivity contribution in [1.82, 2.24) is 0 Å². The van der Waals surface area contributed by atoms with Crippen LogP contribution in [0, 0.1) is 5.92 Å². The number of benzene rings is 1. The molecule has 0 aliphatic heterocycles. The first kappa shape index (κ1) is 11.7. The lowest BCUT2D eigenvalue weighted by Gasteiger charge is -2.06. The van der Waals surface area contributed by atoms with Gasteiger partial charge in [-0.05, 0) is 25.3 Å². The zero-order valence-corrected chi connectivity index (χ0v) is 9.44. The fraction of sp³-hybridized carbons (Fsp3) is 0.357. The van der Waals surface area contributed by atoms with Gasteiger partial charge in [0.1, 0.15) is 5.78 Å². The Hall–Kier alpha value is -1.37. The van der Waals surface area contributed by atoms with E-state index in [1.54, 1.807) is 6.92 Å². The molecule has 1 unspecified atom stereocenters. The van der Waals surface area contributed by atoms with Gasteiger partial charge in [-0.1, -0.05) is 49.4 Å². The second-order valence-electron chi connectivity index (χ2n) is 3.76. The molecular weight excluding hydrogens is 184 g/mol. The average molecular weight is 202 g/mol. The van der Waals surface area contributed by atoms with Crippen LogP contribution < -0.4 is 0 Å². The molecule has 0 saturated carbocycles. The number of carbonyl (C=O) groups is 1. The summed E-state index contributed by atoms with van der Waals surface area (Å²) in [5.74, 6) is 0.472. The lowest BCUT2D eigenvalue weighted by Crippen LogP contribution is -2.07. The fourth-order valence-electron chi connectivity index (χ4n) is 1.55. The molecule has 0 aliphatic rings. The molecule has 1 aromatic carbocycles. The van der Waals surface area contributed by atoms with Crippen LogP contribution in [0.1, 0.15) is 32.3 Å². The van der Waals surface area contributed by atoms with Gasteiger partial charge < -0.3 is 0 Å². The lowest BCUT2D eigenvalue weighted by atomic mass is 9.98. The van der Waals surface area contributed by atoms with Crippen LogP contribution in [0.2, 0.25) is 0 Å². The molecule has 1 aromatic rings. The Labute approximate surface area is 91.8 Å². The Morgan fingerprint density at radius 1 is 1.33 bits per heavy atom. The molecule has 0 N–H and O–H groups in total. The molecule has 15 heavy (non-hydrogen) atoms. The zero-order chi connectivity index (χ0) is 11.1. The van der Waals surface area contributed by atoms with E-state index in [4.69, 9.17) is 0 Å². The van der Waals surface area contributed by atoms with Gasteiger partial charge in [0, 0.05) is 5.92 Å². The monoisotopic (exact) mass is 202 g/mol. The third kappa shape index (κ3) is 4.11. The van der Waals surface area contributed by atoms with Crippen molar-refractivity contribution in [2.45, 2.75) is 26.7 Å². The van der Waals surface area contributed by atoms with Crippen molar-refractivity contribution in [2.24, 2.45) is 5.92 Å². The topological polar surface area (TPSA) is 17.1 Å². The van der Waals surface area contributed by atoms with Crippen molar-refractivity contribution in [3.63, 3.8) is 0 Å². The van der Waals surface area contributed by atoms with E-state index in [9.17, 15) is 4.79 Å². The maximum Gasteiger partial charge on any atom is 0.133 e. The normalized spacial score (nSPS) is 12.9. The summed E-state index contributed by atoms with van der Waals surface area (Å²) in [5, 5.41) is 0. The summed E-state index contributed by atoms with van der Waals surface area (Å²) in [6, 6.07) is 10.2. The molecule has 0 fully saturated rings. The molecule has 1 heteroatoms. The van der Waals surface area contributed by atoms with E-state index in [2.05, 4.69) is 31.2 Å². The minimum Gasteiger partial charge on any atom is -0.300 e. The van der Waals surface area contributed by atoms with Crippen LogP contribution in [-0.2, 0) is 4.79 Å². The van der Waals surface area contributed by atoms with E-state index >= 15 is 0 Å². The summed E-state index contributed by atoms with van der Waals surface area (Å²) < 4.78 is 0. The van der Waals surface area contributed by atoms with E-state index < -0.39 is 0 Å². The van der Waals surface area contributed by atoms with E-state index in [-0.39, 0.29) is 11.7 Å². The van der Waals surface area contributed by atoms with Gasteiger partial charge in [-0.25, -0.2) is 0 Å². The van der Waals surface area contributed by atoms with Crippen LogP contribution in [0.25, 0.3) is 6.08 Å². The molecule has 0 aliphatic carbocycles. The average Bonchev–Trinajstić information content (AvgIpc) is 2.25. The molecule has 1 rings (SSSR count). The number of rotatable bonds is 5. The summed E-state index contributed by atoms with van der Waals surface area (Å²) in [4.78, 5) is 11.2. The van der Waals surface area contributed by atoms with Crippen LogP contribution in [-0.4, -0.2) is 5.78 Å². The van der Waals surface area contributed by atoms with Crippen molar-refractivity contribution in [1.29, 1.82) is 0 Å². The lowest BCUT2D eigenvalue weighted by molar-refractivity contribution is -0.120. The molecule has 1 nitrogen and oxygen atoms in total. The van der Waals surface area contributed by atoms with Gasteiger partial charge >= 0.3 is 0 Å². The molecule has 0 saturated heterocycles. The van der Waals surface area contributed by atoms with Crippen LogP contribution in [0.15, 0.2) is 36.4 Å². The van der Waals surface area contributed by atoms with Gasteiger partial charge in [-0.2, -0.15) is 0 Å². The smallest absolute Gasteiger partial charge is 0.133 e. The minimum atomic E-state index is 0.185. The second kappa shape index (κ2) is 6.18. The first-order chi connectivity index (χ1) is 7.24. The molecule has 0 amide bonds. The van der Waals surface area contributed by atoms with E-state index in [0.717, 1.165) is 12.8 Å². The highest BCUT2D eigenvalue weighted by Crippen LogP contribution is 2.11. The first-order valence-corrected chi connectivity index (χ1v) is 5.46. The summed E-state index contributed by atoms with van der Waals surface area (Å²) in [5.41, 5.74) is 1.19. The molecule has 0 bridgehead atoms. The zero-order valence-electron chi connectivity index (χ0n) is 9.44. The fourth-order valence-corrected chi connectivity index (χ4v) is 1.55. The van der Waals surface area contributed by atoms with E-state index in [1.807, 2.05) is 18.2 Å². The van der Waals surface area contributed by atoms with E-state index in [0.29, 0.717) is 0 Å². The van der Waals surface area contributed by atoms with Gasteiger partial charge in [0.2, 0.25) is 0 Å². The third-order valence-electron chi connectivity index (χ3n) is 2.60. The minimum absolute atomic E-state index is 0.185. The summed E-state index contributed by atoms with van der Waals surface area (Å²) in [6.45, 7) is 3.73. The number of hydrogen-bond acceptors (Lipinski definition) is 1. The Balaban J connectivity index is 2.49. The summed E-state index contributed by atoms with van der Waals surface area (Å²) in [6.07, 6.45) is 5.94. The Kier molecular flexibility index (Phi) is 4.82. The highest BCUT2D eigenvalue weighted by Gasteiger charge is 2.08. The Morgan fingerprint density at radius 3 is 2.53 bits per heavy atom. The SMILES string of the molecule is CCC(CC=Cc1ccccc1)C(C)=O. The van der Waals surface area contributed by atoms with Crippen molar-refractivity contribution >= 4 is 11.9 Å². The van der Waals surface area contributed by atoms with Crippen LogP contribution >= 0.6 is 0 Å². The first-order valence-electron chi connectivity index (χ1n) is 5.46. The predicted octanol–water partition coefficient (Wildman–Crippen LogP) is 3.71. The van der Waals surface area contributed by atoms with Crippen molar-refractivity contribution < 1.29 is 4.79 Å². The predicted molar refractivity (Wildman–Crippen MR) is 64.6 cm³/mol. The van der Waals surface area contributed by atoms with Crippen LogP contribution in [0.5, 0.6) is 0 Å². The summed E-state index contributed by atoms with van der Waals surface area (Å²) >= 11 is 0. The van der Waals surface area contributed by atoms with Gasteiger partial charge in [-0.15, -0.1) is 0 Å². The van der Waals surface area contributed by atoms with Gasteiger partial charge in [-0.3, -0.25) is 4.79 Å². The highest BCUT2D eigenvalue weighted by atomic mass is 16.1. The molecule has 1 atom stereocenters. The van der Waals surface area contributed by atoms with Crippen LogP contribution in [0.3, 0.4) is 0 Å². The van der Waals surface area contributed by atoms with Gasteiger partial charge in [0.25, 0.3) is 0 Å². The maximum absolute atomic E-state index is 11.2. The van der Waals surface area contributed by atoms with Crippen molar-refractivity contribution in [3.8, 4) is 0 Å². The maximum atomic E-state index is 11.2. The molecule has 0 spiro atoms. The third-order valence-corrected chi connectivity index (χ3v) is 2.60. The second-order valence-corrected chi connectivity index (χ2v) is 3.76. The quantitative estimate of drug-likeness (QED) is 0.711. The van der Waals surface area contributed by atoms with Crippen molar-refractivity contribution in [3.05, 3.63) is 42.0 Å². The van der Waals surface area contributed by atoms with Gasteiger partial charge in [0.15, 0.2) is 0 Å². The number of carbonyl (C=O) groups excluding carboxylic acids is 1. The van der Waals surface area contributed by atoms with Gasteiger partial charge in [0.05, 0.1) is 0 Å². The number of hydrogen-bond donors (Lipinski definition) is 0. The van der Waals surface area contributed by atoms with Crippen LogP contribution in [0.4, 0.5) is 0 Å².